The van der Waals surface area contributed by atoms with Crippen LogP contribution in [0.1, 0.15) is 35.4 Å². The SMILES string of the molecule is CC(C)NCc1ccc2c(c1)NCc1sccc1C2=N. The molecule has 1 aliphatic heterocycles. The molecule has 1 aromatic carbocycles. The molecule has 3 N–H and O–H groups in total. The molecule has 0 radical (unpaired) electrons. The van der Waals surface area contributed by atoms with E-state index in [-0.39, 0.29) is 0 Å². The first-order valence-electron chi connectivity index (χ1n) is 6.91. The Hall–Kier alpha value is -1.65. The van der Waals surface area contributed by atoms with Gasteiger partial charge in [-0.3, -0.25) is 5.41 Å². The summed E-state index contributed by atoms with van der Waals surface area (Å²) < 4.78 is 0. The maximum atomic E-state index is 8.40. The minimum atomic E-state index is 0.479. The third kappa shape index (κ3) is 2.49. The number of fused-ring (bicyclic) bond motifs is 2. The summed E-state index contributed by atoms with van der Waals surface area (Å²) in [4.78, 5) is 1.24. The number of hydrogen-bond donors (Lipinski definition) is 3. The second-order valence-corrected chi connectivity index (χ2v) is 6.40. The molecule has 0 atom stereocenters. The lowest BCUT2D eigenvalue weighted by Gasteiger charge is -2.12. The van der Waals surface area contributed by atoms with E-state index in [9.17, 15) is 0 Å². The first-order chi connectivity index (χ1) is 9.65. The summed E-state index contributed by atoms with van der Waals surface area (Å²) in [5.74, 6) is 0. The van der Waals surface area contributed by atoms with Crippen molar-refractivity contribution in [2.45, 2.75) is 33.0 Å². The largest absolute Gasteiger partial charge is 0.380 e. The zero-order valence-corrected chi connectivity index (χ0v) is 12.6. The molecule has 104 valence electrons. The monoisotopic (exact) mass is 285 g/mol. The summed E-state index contributed by atoms with van der Waals surface area (Å²) in [6.45, 7) is 5.97. The molecule has 0 unspecified atom stereocenters. The molecule has 0 amide bonds. The topological polar surface area (TPSA) is 47.9 Å². The van der Waals surface area contributed by atoms with Gasteiger partial charge in [-0.15, -0.1) is 11.3 Å². The number of benzene rings is 1. The average Bonchev–Trinajstić information content (AvgIpc) is 2.86. The van der Waals surface area contributed by atoms with E-state index in [1.165, 1.54) is 10.4 Å². The highest BCUT2D eigenvalue weighted by Crippen LogP contribution is 2.29. The van der Waals surface area contributed by atoms with Crippen LogP contribution in [-0.4, -0.2) is 11.8 Å². The average molecular weight is 285 g/mol. The van der Waals surface area contributed by atoms with Gasteiger partial charge in [0.1, 0.15) is 0 Å². The molecule has 2 aromatic rings. The number of rotatable bonds is 3. The van der Waals surface area contributed by atoms with Gasteiger partial charge in [-0.05, 0) is 23.1 Å². The van der Waals surface area contributed by atoms with Crippen molar-refractivity contribution in [1.82, 2.24) is 5.32 Å². The van der Waals surface area contributed by atoms with Crippen molar-refractivity contribution >= 4 is 22.7 Å². The Labute approximate surface area is 123 Å². The number of nitrogens with one attached hydrogen (secondary N) is 3. The smallest absolute Gasteiger partial charge is 0.0717 e. The van der Waals surface area contributed by atoms with Crippen molar-refractivity contribution in [3.8, 4) is 0 Å². The van der Waals surface area contributed by atoms with E-state index in [1.54, 1.807) is 11.3 Å². The molecule has 0 aliphatic carbocycles. The summed E-state index contributed by atoms with van der Waals surface area (Å²) in [6, 6.07) is 8.87. The Morgan fingerprint density at radius 2 is 2.15 bits per heavy atom. The summed E-state index contributed by atoms with van der Waals surface area (Å²) in [6.07, 6.45) is 0. The predicted octanol–water partition coefficient (Wildman–Crippen LogP) is 3.59. The zero-order chi connectivity index (χ0) is 14.1. The van der Waals surface area contributed by atoms with Crippen molar-refractivity contribution in [3.63, 3.8) is 0 Å². The first kappa shape index (κ1) is 13.3. The van der Waals surface area contributed by atoms with Crippen LogP contribution in [0.2, 0.25) is 0 Å². The van der Waals surface area contributed by atoms with Gasteiger partial charge in [0.25, 0.3) is 0 Å². The summed E-state index contributed by atoms with van der Waals surface area (Å²) in [5, 5.41) is 17.4. The van der Waals surface area contributed by atoms with Gasteiger partial charge in [0, 0.05) is 34.3 Å². The van der Waals surface area contributed by atoms with E-state index < -0.39 is 0 Å². The minimum absolute atomic E-state index is 0.479. The second kappa shape index (κ2) is 5.38. The molecule has 0 spiro atoms. The van der Waals surface area contributed by atoms with Crippen LogP contribution >= 0.6 is 11.3 Å². The van der Waals surface area contributed by atoms with E-state index in [0.29, 0.717) is 11.8 Å². The van der Waals surface area contributed by atoms with Crippen LogP contribution in [0.3, 0.4) is 0 Å². The number of hydrogen-bond acceptors (Lipinski definition) is 4. The molecule has 2 heterocycles. The standard InChI is InChI=1S/C16H19N3S/c1-10(2)18-8-11-3-4-12-14(7-11)19-9-15-13(16(12)17)5-6-20-15/h3-7,10,17-19H,8-9H2,1-2H3. The molecule has 4 heteroatoms. The van der Waals surface area contributed by atoms with Crippen molar-refractivity contribution in [1.29, 1.82) is 5.41 Å². The highest BCUT2D eigenvalue weighted by molar-refractivity contribution is 7.10. The van der Waals surface area contributed by atoms with Gasteiger partial charge in [0.15, 0.2) is 0 Å². The Kier molecular flexibility index (Phi) is 3.59. The second-order valence-electron chi connectivity index (χ2n) is 5.40. The fraction of sp³-hybridized carbons (Fsp3) is 0.312. The maximum Gasteiger partial charge on any atom is 0.0717 e. The molecular formula is C16H19N3S. The van der Waals surface area contributed by atoms with Crippen molar-refractivity contribution in [2.24, 2.45) is 0 Å². The summed E-state index contributed by atoms with van der Waals surface area (Å²) in [5.41, 5.74) is 5.01. The maximum absolute atomic E-state index is 8.40. The fourth-order valence-electron chi connectivity index (χ4n) is 2.41. The zero-order valence-electron chi connectivity index (χ0n) is 11.8. The fourth-order valence-corrected chi connectivity index (χ4v) is 3.23. The van der Waals surface area contributed by atoms with Crippen LogP contribution in [0, 0.1) is 5.41 Å². The van der Waals surface area contributed by atoms with Crippen molar-refractivity contribution < 1.29 is 0 Å². The molecular weight excluding hydrogens is 266 g/mol. The molecule has 0 bridgehead atoms. The molecule has 3 rings (SSSR count). The van der Waals surface area contributed by atoms with Crippen LogP contribution in [0.5, 0.6) is 0 Å². The Balaban J connectivity index is 1.91. The summed E-state index contributed by atoms with van der Waals surface area (Å²) in [7, 11) is 0. The Morgan fingerprint density at radius 3 is 2.95 bits per heavy atom. The highest BCUT2D eigenvalue weighted by atomic mass is 32.1. The van der Waals surface area contributed by atoms with Crippen LogP contribution in [0.15, 0.2) is 29.6 Å². The predicted molar refractivity (Wildman–Crippen MR) is 86.0 cm³/mol. The minimum Gasteiger partial charge on any atom is -0.380 e. The Bertz CT molecular complexity index is 643. The van der Waals surface area contributed by atoms with Crippen molar-refractivity contribution in [3.05, 3.63) is 51.2 Å². The van der Waals surface area contributed by atoms with Gasteiger partial charge in [0.2, 0.25) is 0 Å². The third-order valence-electron chi connectivity index (χ3n) is 3.52. The molecule has 0 saturated carbocycles. The first-order valence-corrected chi connectivity index (χ1v) is 7.79. The molecule has 20 heavy (non-hydrogen) atoms. The lowest BCUT2D eigenvalue weighted by molar-refractivity contribution is 0.589. The highest BCUT2D eigenvalue weighted by Gasteiger charge is 2.18. The Morgan fingerprint density at radius 1 is 1.30 bits per heavy atom. The molecule has 1 aliphatic rings. The van der Waals surface area contributed by atoms with E-state index in [0.717, 1.165) is 29.9 Å². The van der Waals surface area contributed by atoms with E-state index in [1.807, 2.05) is 6.07 Å². The number of thiophene rings is 1. The van der Waals surface area contributed by atoms with Gasteiger partial charge in [0.05, 0.1) is 12.3 Å². The van der Waals surface area contributed by atoms with Crippen LogP contribution in [0.4, 0.5) is 5.69 Å². The lowest BCUT2D eigenvalue weighted by Crippen LogP contribution is -2.21. The molecule has 3 nitrogen and oxygen atoms in total. The van der Waals surface area contributed by atoms with Gasteiger partial charge >= 0.3 is 0 Å². The van der Waals surface area contributed by atoms with Gasteiger partial charge in [-0.2, -0.15) is 0 Å². The van der Waals surface area contributed by atoms with E-state index in [4.69, 9.17) is 5.41 Å². The van der Waals surface area contributed by atoms with Crippen LogP contribution in [0.25, 0.3) is 0 Å². The van der Waals surface area contributed by atoms with Crippen molar-refractivity contribution in [2.75, 3.05) is 5.32 Å². The van der Waals surface area contributed by atoms with Gasteiger partial charge in [-0.1, -0.05) is 26.0 Å². The van der Waals surface area contributed by atoms with Crippen LogP contribution in [-0.2, 0) is 13.1 Å². The quantitative estimate of drug-likeness (QED) is 0.807. The lowest BCUT2D eigenvalue weighted by atomic mass is 10.0. The van der Waals surface area contributed by atoms with E-state index >= 15 is 0 Å². The van der Waals surface area contributed by atoms with E-state index in [2.05, 4.69) is 48.1 Å². The third-order valence-corrected chi connectivity index (χ3v) is 4.44. The number of anilines is 1. The molecule has 0 saturated heterocycles. The van der Waals surface area contributed by atoms with Gasteiger partial charge in [-0.25, -0.2) is 0 Å². The summed E-state index contributed by atoms with van der Waals surface area (Å²) >= 11 is 1.72. The molecule has 1 aromatic heterocycles. The van der Waals surface area contributed by atoms with Gasteiger partial charge < -0.3 is 10.6 Å². The molecule has 0 fully saturated rings. The van der Waals surface area contributed by atoms with Crippen LogP contribution < -0.4 is 10.6 Å². The normalized spacial score (nSPS) is 13.7.